The van der Waals surface area contributed by atoms with Crippen molar-refractivity contribution in [1.29, 1.82) is 0 Å². The molecule has 0 spiro atoms. The van der Waals surface area contributed by atoms with E-state index in [9.17, 15) is 14.4 Å². The van der Waals surface area contributed by atoms with Gasteiger partial charge < -0.3 is 20.3 Å². The molecule has 0 radical (unpaired) electrons. The highest BCUT2D eigenvalue weighted by atomic mass is 35.5. The van der Waals surface area contributed by atoms with Crippen LogP contribution in [-0.4, -0.2) is 37.9 Å². The van der Waals surface area contributed by atoms with Crippen LogP contribution in [-0.2, 0) is 14.4 Å². The monoisotopic (exact) mass is 415 g/mol. The molecule has 0 bridgehead atoms. The molecule has 0 saturated carbocycles. The molecule has 8 heteroatoms. The number of ether oxygens (including phenoxy) is 1. The predicted molar refractivity (Wildman–Crippen MR) is 111 cm³/mol. The summed E-state index contributed by atoms with van der Waals surface area (Å²) in [7, 11) is 1.56. The molecule has 1 saturated heterocycles. The number of nitrogens with zero attached hydrogens (tertiary/aromatic N) is 1. The molecular weight excluding hydrogens is 394 g/mol. The van der Waals surface area contributed by atoms with Gasteiger partial charge in [-0.05, 0) is 48.9 Å². The van der Waals surface area contributed by atoms with E-state index in [0.717, 1.165) is 5.56 Å². The standard InChI is InChI=1S/C21H22ClN3O4/c1-13-17(22)4-3-5-18(13)24-19(26)12-29-16-8-6-15(7-9-16)25-11-14(10-20(25)27)21(28)23-2/h3-9,14H,10-12H2,1-2H3,(H,23,28)(H,24,26). The first kappa shape index (κ1) is 20.7. The quantitative estimate of drug-likeness (QED) is 0.759. The van der Waals surface area contributed by atoms with E-state index in [4.69, 9.17) is 16.3 Å². The lowest BCUT2D eigenvalue weighted by Crippen LogP contribution is -2.30. The van der Waals surface area contributed by atoms with Crippen molar-refractivity contribution in [1.82, 2.24) is 5.32 Å². The Hall–Kier alpha value is -3.06. The van der Waals surface area contributed by atoms with Crippen molar-refractivity contribution >= 4 is 40.7 Å². The maximum Gasteiger partial charge on any atom is 0.262 e. The van der Waals surface area contributed by atoms with E-state index in [2.05, 4.69) is 10.6 Å². The highest BCUT2D eigenvalue weighted by Gasteiger charge is 2.34. The number of carbonyl (C=O) groups excluding carboxylic acids is 3. The summed E-state index contributed by atoms with van der Waals surface area (Å²) in [5.41, 5.74) is 2.12. The van der Waals surface area contributed by atoms with Gasteiger partial charge in [-0.1, -0.05) is 17.7 Å². The molecule has 1 unspecified atom stereocenters. The predicted octanol–water partition coefficient (Wildman–Crippen LogP) is 2.76. The van der Waals surface area contributed by atoms with E-state index in [-0.39, 0.29) is 36.7 Å². The molecule has 1 fully saturated rings. The van der Waals surface area contributed by atoms with Gasteiger partial charge in [0.1, 0.15) is 5.75 Å². The summed E-state index contributed by atoms with van der Waals surface area (Å²) in [6.07, 6.45) is 0.195. The van der Waals surface area contributed by atoms with Crippen molar-refractivity contribution < 1.29 is 19.1 Å². The summed E-state index contributed by atoms with van der Waals surface area (Å²) in [6.45, 7) is 2.01. The van der Waals surface area contributed by atoms with Crippen LogP contribution in [0.5, 0.6) is 5.75 Å². The third-order valence-electron chi connectivity index (χ3n) is 4.80. The Labute approximate surface area is 174 Å². The lowest BCUT2D eigenvalue weighted by molar-refractivity contribution is -0.125. The summed E-state index contributed by atoms with van der Waals surface area (Å²) in [5.74, 6) is -0.379. The Morgan fingerprint density at radius 3 is 2.62 bits per heavy atom. The molecule has 3 rings (SSSR count). The number of nitrogens with one attached hydrogen (secondary N) is 2. The molecule has 1 aliphatic rings. The molecule has 29 heavy (non-hydrogen) atoms. The first-order valence-corrected chi connectivity index (χ1v) is 9.56. The van der Waals surface area contributed by atoms with Gasteiger partial charge in [0.25, 0.3) is 5.91 Å². The Morgan fingerprint density at radius 2 is 1.93 bits per heavy atom. The minimum absolute atomic E-state index is 0.0939. The summed E-state index contributed by atoms with van der Waals surface area (Å²) in [6, 6.07) is 12.1. The zero-order chi connectivity index (χ0) is 21.0. The van der Waals surface area contributed by atoms with E-state index < -0.39 is 0 Å². The number of amides is 3. The van der Waals surface area contributed by atoms with Gasteiger partial charge in [0.15, 0.2) is 6.61 Å². The molecule has 152 valence electrons. The smallest absolute Gasteiger partial charge is 0.262 e. The molecule has 0 aliphatic carbocycles. The first-order chi connectivity index (χ1) is 13.9. The zero-order valence-electron chi connectivity index (χ0n) is 16.2. The molecule has 2 aromatic carbocycles. The fraction of sp³-hybridized carbons (Fsp3) is 0.286. The van der Waals surface area contributed by atoms with Crippen LogP contribution < -0.4 is 20.3 Å². The van der Waals surface area contributed by atoms with Gasteiger partial charge in [0.2, 0.25) is 11.8 Å². The van der Waals surface area contributed by atoms with Crippen molar-refractivity contribution in [3.8, 4) is 5.75 Å². The van der Waals surface area contributed by atoms with E-state index in [0.29, 0.717) is 28.7 Å². The van der Waals surface area contributed by atoms with Crippen LogP contribution in [0.15, 0.2) is 42.5 Å². The van der Waals surface area contributed by atoms with Gasteiger partial charge in [-0.2, -0.15) is 0 Å². The Balaban J connectivity index is 1.55. The zero-order valence-corrected chi connectivity index (χ0v) is 17.0. The second kappa shape index (κ2) is 8.96. The fourth-order valence-electron chi connectivity index (χ4n) is 3.14. The minimum atomic E-state index is -0.345. The summed E-state index contributed by atoms with van der Waals surface area (Å²) < 4.78 is 5.52. The van der Waals surface area contributed by atoms with Gasteiger partial charge in [-0.3, -0.25) is 14.4 Å². The number of halogens is 1. The van der Waals surface area contributed by atoms with Crippen molar-refractivity contribution in [2.75, 3.05) is 30.4 Å². The van der Waals surface area contributed by atoms with Crippen molar-refractivity contribution in [3.05, 3.63) is 53.1 Å². The highest BCUT2D eigenvalue weighted by molar-refractivity contribution is 6.31. The van der Waals surface area contributed by atoms with Crippen LogP contribution in [0.4, 0.5) is 11.4 Å². The molecule has 1 atom stereocenters. The molecule has 3 amide bonds. The molecule has 0 aromatic heterocycles. The van der Waals surface area contributed by atoms with Crippen molar-refractivity contribution in [3.63, 3.8) is 0 Å². The average molecular weight is 416 g/mol. The third-order valence-corrected chi connectivity index (χ3v) is 5.21. The Bertz CT molecular complexity index is 930. The average Bonchev–Trinajstić information content (AvgIpc) is 3.11. The number of hydrogen-bond acceptors (Lipinski definition) is 4. The van der Waals surface area contributed by atoms with E-state index in [1.807, 2.05) is 6.92 Å². The number of carbonyl (C=O) groups is 3. The summed E-state index contributed by atoms with van der Waals surface area (Å²) in [4.78, 5) is 37.6. The van der Waals surface area contributed by atoms with E-state index in [1.54, 1.807) is 54.4 Å². The number of rotatable bonds is 6. The SMILES string of the molecule is CNC(=O)C1CC(=O)N(c2ccc(OCC(=O)Nc3cccc(Cl)c3C)cc2)C1. The van der Waals surface area contributed by atoms with Crippen molar-refractivity contribution in [2.45, 2.75) is 13.3 Å². The van der Waals surface area contributed by atoms with Gasteiger partial charge in [0.05, 0.1) is 5.92 Å². The Kier molecular flexibility index (Phi) is 6.39. The normalized spacial score (nSPS) is 15.9. The van der Waals surface area contributed by atoms with Crippen LogP contribution in [0.25, 0.3) is 0 Å². The maximum atomic E-state index is 12.2. The summed E-state index contributed by atoms with van der Waals surface area (Å²) >= 11 is 6.05. The first-order valence-electron chi connectivity index (χ1n) is 9.19. The molecule has 1 aliphatic heterocycles. The minimum Gasteiger partial charge on any atom is -0.484 e. The van der Waals surface area contributed by atoms with Crippen molar-refractivity contribution in [2.24, 2.45) is 5.92 Å². The lowest BCUT2D eigenvalue weighted by Gasteiger charge is -2.17. The molecule has 2 aromatic rings. The largest absolute Gasteiger partial charge is 0.484 e. The number of hydrogen-bond donors (Lipinski definition) is 2. The van der Waals surface area contributed by atoms with E-state index >= 15 is 0 Å². The van der Waals surface area contributed by atoms with Crippen LogP contribution in [0, 0.1) is 12.8 Å². The topological polar surface area (TPSA) is 87.7 Å². The third kappa shape index (κ3) is 4.86. The van der Waals surface area contributed by atoms with Gasteiger partial charge in [0, 0.05) is 36.4 Å². The van der Waals surface area contributed by atoms with E-state index in [1.165, 1.54) is 0 Å². The fourth-order valence-corrected chi connectivity index (χ4v) is 3.31. The summed E-state index contributed by atoms with van der Waals surface area (Å²) in [5, 5.41) is 5.92. The number of benzene rings is 2. The second-order valence-corrected chi connectivity index (χ2v) is 7.17. The van der Waals surface area contributed by atoms with Crippen LogP contribution in [0.3, 0.4) is 0 Å². The molecule has 1 heterocycles. The van der Waals surface area contributed by atoms with Crippen LogP contribution in [0.1, 0.15) is 12.0 Å². The van der Waals surface area contributed by atoms with Gasteiger partial charge in [-0.15, -0.1) is 0 Å². The van der Waals surface area contributed by atoms with Gasteiger partial charge in [-0.25, -0.2) is 0 Å². The maximum absolute atomic E-state index is 12.2. The number of anilines is 2. The molecule has 2 N–H and O–H groups in total. The van der Waals surface area contributed by atoms with Crippen LogP contribution in [0.2, 0.25) is 5.02 Å². The van der Waals surface area contributed by atoms with Crippen LogP contribution >= 0.6 is 11.6 Å². The van der Waals surface area contributed by atoms with Gasteiger partial charge >= 0.3 is 0 Å². The molecule has 7 nitrogen and oxygen atoms in total. The molecular formula is C21H22ClN3O4. The highest BCUT2D eigenvalue weighted by Crippen LogP contribution is 2.27. The lowest BCUT2D eigenvalue weighted by atomic mass is 10.1. The second-order valence-electron chi connectivity index (χ2n) is 6.76. The Morgan fingerprint density at radius 1 is 1.21 bits per heavy atom.